The number of hydrogen-bond acceptors (Lipinski definition) is 4. The molecule has 0 fully saturated rings. The molecule has 0 amide bonds. The number of methoxy groups -OCH3 is 1. The van der Waals surface area contributed by atoms with Crippen LogP contribution < -0.4 is 4.74 Å². The number of carbonyl (C=O) groups excluding carboxylic acids is 1. The van der Waals surface area contributed by atoms with Crippen LogP contribution in [-0.2, 0) is 0 Å². The highest BCUT2D eigenvalue weighted by molar-refractivity contribution is 6.18. The van der Waals surface area contributed by atoms with Gasteiger partial charge in [-0.15, -0.1) is 0 Å². The molecule has 3 N–H and O–H groups in total. The number of rotatable bonds is 4. The molecule has 7 nitrogen and oxygen atoms in total. The van der Waals surface area contributed by atoms with Crippen molar-refractivity contribution < 1.29 is 19.4 Å². The second-order valence-corrected chi connectivity index (χ2v) is 4.37. The van der Waals surface area contributed by atoms with Crippen LogP contribution in [0.25, 0.3) is 10.9 Å². The number of carboxylic acids is 1. The molecule has 0 spiro atoms. The first-order chi connectivity index (χ1) is 10.1. The molecule has 3 rings (SSSR count). The predicted molar refractivity (Wildman–Crippen MR) is 73.8 cm³/mol. The number of hydrogen-bond donors (Lipinski definition) is 3. The van der Waals surface area contributed by atoms with E-state index in [-0.39, 0.29) is 11.4 Å². The second kappa shape index (κ2) is 4.78. The van der Waals surface area contributed by atoms with Crippen molar-refractivity contribution in [2.45, 2.75) is 0 Å². The summed E-state index contributed by atoms with van der Waals surface area (Å²) in [6.07, 6.45) is 2.72. The van der Waals surface area contributed by atoms with Gasteiger partial charge < -0.3 is 19.8 Å². The molecular weight excluding hydrogens is 274 g/mol. The molecule has 0 aliphatic heterocycles. The summed E-state index contributed by atoms with van der Waals surface area (Å²) in [5.74, 6) is -1.09. The third-order valence-electron chi connectivity index (χ3n) is 3.20. The number of ketones is 1. The van der Waals surface area contributed by atoms with E-state index in [0.717, 1.165) is 5.52 Å². The van der Waals surface area contributed by atoms with Gasteiger partial charge in [-0.25, -0.2) is 9.78 Å². The number of carbonyl (C=O) groups is 2. The number of aromatic amines is 2. The SMILES string of the molecule is COc1ccc2[nH]cc(C(=O)c3nc[nH]c3C(=O)O)c2c1. The fraction of sp³-hybridized carbons (Fsp3) is 0.0714. The minimum Gasteiger partial charge on any atom is -0.497 e. The Bertz CT molecular complexity index is 847. The Labute approximate surface area is 118 Å². The van der Waals surface area contributed by atoms with Crippen LogP contribution in [0.1, 0.15) is 26.5 Å². The number of aromatic carboxylic acids is 1. The number of carboxylic acid groups (broad SMARTS) is 1. The summed E-state index contributed by atoms with van der Waals surface area (Å²) in [5.41, 5.74) is 0.758. The number of ether oxygens (including phenoxy) is 1. The van der Waals surface area contributed by atoms with Crippen LogP contribution in [0.15, 0.2) is 30.7 Å². The Morgan fingerprint density at radius 1 is 1.29 bits per heavy atom. The quantitative estimate of drug-likeness (QED) is 0.634. The molecule has 21 heavy (non-hydrogen) atoms. The highest BCUT2D eigenvalue weighted by Gasteiger charge is 2.23. The molecule has 0 saturated heterocycles. The van der Waals surface area contributed by atoms with E-state index < -0.39 is 11.8 Å². The summed E-state index contributed by atoms with van der Waals surface area (Å²) in [7, 11) is 1.53. The van der Waals surface area contributed by atoms with Gasteiger partial charge in [-0.2, -0.15) is 0 Å². The van der Waals surface area contributed by atoms with Crippen molar-refractivity contribution >= 4 is 22.7 Å². The number of nitrogens with zero attached hydrogens (tertiary/aromatic N) is 1. The molecule has 0 radical (unpaired) electrons. The zero-order chi connectivity index (χ0) is 15.0. The van der Waals surface area contributed by atoms with E-state index in [1.54, 1.807) is 18.2 Å². The molecule has 0 bridgehead atoms. The van der Waals surface area contributed by atoms with Crippen molar-refractivity contribution in [3.05, 3.63) is 47.7 Å². The Kier molecular flexibility index (Phi) is 2.94. The molecule has 7 heteroatoms. The van der Waals surface area contributed by atoms with Crippen LogP contribution in [0.5, 0.6) is 5.75 Å². The molecule has 106 valence electrons. The van der Waals surface area contributed by atoms with Gasteiger partial charge in [-0.1, -0.05) is 0 Å². The normalized spacial score (nSPS) is 10.7. The number of imidazole rings is 1. The number of fused-ring (bicyclic) bond motifs is 1. The monoisotopic (exact) mass is 285 g/mol. The summed E-state index contributed by atoms with van der Waals surface area (Å²) in [6.45, 7) is 0. The van der Waals surface area contributed by atoms with E-state index in [4.69, 9.17) is 9.84 Å². The summed E-state index contributed by atoms with van der Waals surface area (Å²) in [5, 5.41) is 9.70. The van der Waals surface area contributed by atoms with E-state index in [1.807, 2.05) is 0 Å². The van der Waals surface area contributed by atoms with Crippen LogP contribution in [-0.4, -0.2) is 38.9 Å². The number of benzene rings is 1. The molecule has 2 heterocycles. The van der Waals surface area contributed by atoms with E-state index in [9.17, 15) is 9.59 Å². The first-order valence-electron chi connectivity index (χ1n) is 6.08. The first kappa shape index (κ1) is 12.9. The zero-order valence-corrected chi connectivity index (χ0v) is 11.0. The van der Waals surface area contributed by atoms with Crippen LogP contribution >= 0.6 is 0 Å². The van der Waals surface area contributed by atoms with Gasteiger partial charge in [-0.05, 0) is 18.2 Å². The molecule has 0 atom stereocenters. The van der Waals surface area contributed by atoms with Crippen LogP contribution in [0, 0.1) is 0 Å². The Morgan fingerprint density at radius 2 is 2.10 bits per heavy atom. The van der Waals surface area contributed by atoms with Crippen molar-refractivity contribution in [2.75, 3.05) is 7.11 Å². The maximum Gasteiger partial charge on any atom is 0.354 e. The predicted octanol–water partition coefficient (Wildman–Crippen LogP) is 1.83. The van der Waals surface area contributed by atoms with Gasteiger partial charge in [0.25, 0.3) is 0 Å². The first-order valence-corrected chi connectivity index (χ1v) is 6.08. The molecule has 0 aliphatic carbocycles. The van der Waals surface area contributed by atoms with E-state index in [1.165, 1.54) is 19.6 Å². The van der Waals surface area contributed by atoms with E-state index >= 15 is 0 Å². The van der Waals surface area contributed by atoms with Gasteiger partial charge in [0.05, 0.1) is 13.4 Å². The van der Waals surface area contributed by atoms with Crippen LogP contribution in [0.4, 0.5) is 0 Å². The maximum atomic E-state index is 12.5. The Balaban J connectivity index is 2.13. The third-order valence-corrected chi connectivity index (χ3v) is 3.20. The standard InChI is InChI=1S/C14H11N3O4/c1-21-7-2-3-10-8(4-7)9(5-15-10)13(18)11-12(14(19)20)17-6-16-11/h2-6,15H,1H3,(H,16,17)(H,19,20). The smallest absolute Gasteiger partial charge is 0.354 e. The molecule has 3 aromatic rings. The van der Waals surface area contributed by atoms with Crippen LogP contribution in [0.3, 0.4) is 0 Å². The zero-order valence-electron chi connectivity index (χ0n) is 11.0. The van der Waals surface area contributed by atoms with Gasteiger partial charge in [0.1, 0.15) is 11.4 Å². The number of H-pyrrole nitrogens is 2. The molecule has 0 unspecified atom stereocenters. The fourth-order valence-corrected chi connectivity index (χ4v) is 2.17. The lowest BCUT2D eigenvalue weighted by molar-refractivity contribution is 0.0687. The number of nitrogens with one attached hydrogen (secondary N) is 2. The average molecular weight is 285 g/mol. The fourth-order valence-electron chi connectivity index (χ4n) is 2.17. The highest BCUT2D eigenvalue weighted by atomic mass is 16.5. The Morgan fingerprint density at radius 3 is 2.81 bits per heavy atom. The lowest BCUT2D eigenvalue weighted by Gasteiger charge is -2.01. The van der Waals surface area contributed by atoms with Crippen LogP contribution in [0.2, 0.25) is 0 Å². The van der Waals surface area contributed by atoms with Gasteiger partial charge in [0.2, 0.25) is 5.78 Å². The third kappa shape index (κ3) is 2.04. The summed E-state index contributed by atoms with van der Waals surface area (Å²) in [4.78, 5) is 32.8. The van der Waals surface area contributed by atoms with Gasteiger partial charge in [0.15, 0.2) is 5.69 Å². The lowest BCUT2D eigenvalue weighted by atomic mass is 10.1. The Hall–Kier alpha value is -3.09. The van der Waals surface area contributed by atoms with Gasteiger partial charge >= 0.3 is 5.97 Å². The average Bonchev–Trinajstić information content (AvgIpc) is 3.12. The summed E-state index contributed by atoms with van der Waals surface area (Å²) < 4.78 is 5.14. The van der Waals surface area contributed by atoms with E-state index in [2.05, 4.69) is 15.0 Å². The molecule has 1 aromatic carbocycles. The summed E-state index contributed by atoms with van der Waals surface area (Å²) >= 11 is 0. The maximum absolute atomic E-state index is 12.5. The summed E-state index contributed by atoms with van der Waals surface area (Å²) in [6, 6.07) is 5.27. The minimum atomic E-state index is -1.23. The lowest BCUT2D eigenvalue weighted by Crippen LogP contribution is -2.09. The highest BCUT2D eigenvalue weighted by Crippen LogP contribution is 2.25. The van der Waals surface area contributed by atoms with Crippen molar-refractivity contribution in [3.63, 3.8) is 0 Å². The van der Waals surface area contributed by atoms with Crippen molar-refractivity contribution in [3.8, 4) is 5.75 Å². The minimum absolute atomic E-state index is 0.119. The second-order valence-electron chi connectivity index (χ2n) is 4.37. The van der Waals surface area contributed by atoms with Crippen molar-refractivity contribution in [1.82, 2.24) is 15.0 Å². The number of aromatic nitrogens is 3. The van der Waals surface area contributed by atoms with E-state index in [0.29, 0.717) is 16.7 Å². The molecule has 0 saturated carbocycles. The van der Waals surface area contributed by atoms with Crippen molar-refractivity contribution in [2.24, 2.45) is 0 Å². The molecular formula is C14H11N3O4. The molecule has 2 aromatic heterocycles. The van der Waals surface area contributed by atoms with Gasteiger partial charge in [-0.3, -0.25) is 4.79 Å². The molecule has 0 aliphatic rings. The van der Waals surface area contributed by atoms with Gasteiger partial charge in [0, 0.05) is 22.7 Å². The topological polar surface area (TPSA) is 108 Å². The van der Waals surface area contributed by atoms with Crippen molar-refractivity contribution in [1.29, 1.82) is 0 Å². The largest absolute Gasteiger partial charge is 0.497 e.